The first-order valence-corrected chi connectivity index (χ1v) is 9.36. The van der Waals surface area contributed by atoms with E-state index in [2.05, 4.69) is 31.2 Å². The average molecular weight is 520 g/mol. The Bertz CT molecular complexity index is 1100. The molecule has 1 heterocycles. The van der Waals surface area contributed by atoms with E-state index in [-0.39, 0.29) is 12.3 Å². The van der Waals surface area contributed by atoms with Crippen LogP contribution in [0.3, 0.4) is 0 Å². The van der Waals surface area contributed by atoms with Crippen molar-refractivity contribution in [3.05, 3.63) is 59.0 Å². The fourth-order valence-corrected chi connectivity index (χ4v) is 2.47. The lowest BCUT2D eigenvalue weighted by atomic mass is 10.3. The summed E-state index contributed by atoms with van der Waals surface area (Å²) < 4.78 is 50.9. The number of carboxylic acid groups (broad SMARTS) is 2. The molecule has 0 bridgehead atoms. The maximum Gasteiger partial charge on any atom is 0.490 e. The number of hydrogen-bond donors (Lipinski definition) is 3. The van der Waals surface area contributed by atoms with Gasteiger partial charge in [-0.15, -0.1) is 0 Å². The zero-order chi connectivity index (χ0) is 23.9. The van der Waals surface area contributed by atoms with E-state index in [9.17, 15) is 27.5 Å². The van der Waals surface area contributed by atoms with E-state index in [0.717, 1.165) is 9.99 Å². The molecule has 0 spiro atoms. The molecule has 0 fully saturated rings. The average Bonchev–Trinajstić information content (AvgIpc) is 2.72. The van der Waals surface area contributed by atoms with Crippen molar-refractivity contribution in [1.82, 2.24) is 9.97 Å². The van der Waals surface area contributed by atoms with Gasteiger partial charge in [-0.25, -0.2) is 19.0 Å². The highest BCUT2D eigenvalue weighted by Gasteiger charge is 2.38. The van der Waals surface area contributed by atoms with Gasteiger partial charge in [-0.05, 0) is 42.5 Å². The summed E-state index contributed by atoms with van der Waals surface area (Å²) >= 11 is 3.36. The molecule has 3 N–H and O–H groups in total. The lowest BCUT2D eigenvalue weighted by molar-refractivity contribution is -0.192. The number of benzene rings is 2. The fourth-order valence-electron chi connectivity index (χ4n) is 2.12. The summed E-state index contributed by atoms with van der Waals surface area (Å²) in [6, 6.07) is 10.6. The number of nitrogens with zero attached hydrogens (tertiary/aromatic N) is 2. The first kappa shape index (κ1) is 24.8. The minimum Gasteiger partial charge on any atom is -0.478 e. The molecule has 0 amide bonds. The van der Waals surface area contributed by atoms with E-state index in [4.69, 9.17) is 14.6 Å². The van der Waals surface area contributed by atoms with Crippen LogP contribution in [0.2, 0.25) is 0 Å². The molecule has 170 valence electrons. The zero-order valence-corrected chi connectivity index (χ0v) is 17.4. The molecule has 2 aromatic carbocycles. The standard InChI is InChI=1S/C17H13BrFN3O3.C2HF3O2/c18-10-1-6-13-14(7-10)20-9-16(22-13)21-8-15(17(23)24)25-12-4-2-11(19)3-5-12;3-2(4,5)1(6)7/h1-7,9,15H,8H2,(H,21,22)(H,23,24);(H,6,7). The first-order valence-electron chi connectivity index (χ1n) is 8.57. The Morgan fingerprint density at radius 1 is 1.09 bits per heavy atom. The van der Waals surface area contributed by atoms with Crippen LogP contribution in [-0.4, -0.2) is 50.9 Å². The second kappa shape index (κ2) is 10.7. The van der Waals surface area contributed by atoms with Gasteiger partial charge in [0.05, 0.1) is 23.8 Å². The molecule has 0 radical (unpaired) electrons. The lowest BCUT2D eigenvalue weighted by Crippen LogP contribution is -2.34. The van der Waals surface area contributed by atoms with Gasteiger partial charge in [0.15, 0.2) is 0 Å². The predicted molar refractivity (Wildman–Crippen MR) is 108 cm³/mol. The maximum atomic E-state index is 12.9. The molecule has 1 aromatic heterocycles. The molecular weight excluding hydrogens is 506 g/mol. The molecule has 13 heteroatoms. The first-order chi connectivity index (χ1) is 15.0. The summed E-state index contributed by atoms with van der Waals surface area (Å²) in [6.07, 6.45) is -4.72. The number of alkyl halides is 3. The quantitative estimate of drug-likeness (QED) is 0.416. The SMILES string of the molecule is O=C(O)C(CNc1cnc2cc(Br)ccc2n1)Oc1ccc(F)cc1.O=C(O)C(F)(F)F. The molecule has 0 aliphatic rings. The Balaban J connectivity index is 0.000000451. The smallest absolute Gasteiger partial charge is 0.478 e. The summed E-state index contributed by atoms with van der Waals surface area (Å²) in [5.41, 5.74) is 1.40. The fraction of sp³-hybridized carbons (Fsp3) is 0.158. The highest BCUT2D eigenvalue weighted by atomic mass is 79.9. The van der Waals surface area contributed by atoms with Crippen LogP contribution < -0.4 is 10.1 Å². The third-order valence-electron chi connectivity index (χ3n) is 3.58. The van der Waals surface area contributed by atoms with Crippen LogP contribution >= 0.6 is 15.9 Å². The summed E-state index contributed by atoms with van der Waals surface area (Å²) in [4.78, 5) is 28.9. The van der Waals surface area contributed by atoms with Crippen LogP contribution in [0.4, 0.5) is 23.4 Å². The van der Waals surface area contributed by atoms with Crippen molar-refractivity contribution in [2.75, 3.05) is 11.9 Å². The van der Waals surface area contributed by atoms with Crippen LogP contribution in [0.1, 0.15) is 0 Å². The third-order valence-corrected chi connectivity index (χ3v) is 4.08. The number of aliphatic carboxylic acids is 2. The number of halogens is 5. The molecule has 1 unspecified atom stereocenters. The van der Waals surface area contributed by atoms with E-state index < -0.39 is 30.0 Å². The molecule has 3 aromatic rings. The number of aromatic nitrogens is 2. The second-order valence-electron chi connectivity index (χ2n) is 5.97. The molecule has 1 atom stereocenters. The molecule has 3 rings (SSSR count). The third kappa shape index (κ3) is 7.65. The van der Waals surface area contributed by atoms with Crippen LogP contribution in [-0.2, 0) is 9.59 Å². The Morgan fingerprint density at radius 2 is 1.72 bits per heavy atom. The maximum absolute atomic E-state index is 12.9. The summed E-state index contributed by atoms with van der Waals surface area (Å²) in [7, 11) is 0. The minimum atomic E-state index is -5.08. The monoisotopic (exact) mass is 519 g/mol. The minimum absolute atomic E-state index is 0.0244. The van der Waals surface area contributed by atoms with Crippen molar-refractivity contribution in [3.8, 4) is 5.75 Å². The Morgan fingerprint density at radius 3 is 2.28 bits per heavy atom. The molecule has 8 nitrogen and oxygen atoms in total. The normalized spacial score (nSPS) is 11.8. The molecule has 32 heavy (non-hydrogen) atoms. The van der Waals surface area contributed by atoms with E-state index in [1.807, 2.05) is 12.1 Å². The van der Waals surface area contributed by atoms with Crippen molar-refractivity contribution >= 4 is 44.7 Å². The lowest BCUT2D eigenvalue weighted by Gasteiger charge is -2.16. The van der Waals surface area contributed by atoms with Gasteiger partial charge in [-0.2, -0.15) is 13.2 Å². The number of hydrogen-bond acceptors (Lipinski definition) is 6. The number of fused-ring (bicyclic) bond motifs is 1. The Kier molecular flexibility index (Phi) is 8.29. The van der Waals surface area contributed by atoms with Gasteiger partial charge in [0.25, 0.3) is 0 Å². The largest absolute Gasteiger partial charge is 0.490 e. The highest BCUT2D eigenvalue weighted by molar-refractivity contribution is 9.10. The summed E-state index contributed by atoms with van der Waals surface area (Å²) in [5.74, 6) is -3.62. The van der Waals surface area contributed by atoms with Crippen LogP contribution in [0.25, 0.3) is 11.0 Å². The number of anilines is 1. The molecule has 0 aliphatic carbocycles. The van der Waals surface area contributed by atoms with E-state index in [0.29, 0.717) is 11.3 Å². The number of carboxylic acids is 2. The van der Waals surface area contributed by atoms with E-state index >= 15 is 0 Å². The predicted octanol–water partition coefficient (Wildman–Crippen LogP) is 4.11. The van der Waals surface area contributed by atoms with Gasteiger partial charge in [-0.3, -0.25) is 4.98 Å². The number of nitrogens with one attached hydrogen (secondary N) is 1. The van der Waals surface area contributed by atoms with Gasteiger partial charge >= 0.3 is 18.1 Å². The summed E-state index contributed by atoms with van der Waals surface area (Å²) in [5, 5.41) is 19.3. The van der Waals surface area contributed by atoms with Gasteiger partial charge in [-0.1, -0.05) is 15.9 Å². The molecule has 0 saturated heterocycles. The van der Waals surface area contributed by atoms with Crippen LogP contribution in [0.5, 0.6) is 5.75 Å². The van der Waals surface area contributed by atoms with Crippen molar-refractivity contribution in [2.24, 2.45) is 0 Å². The highest BCUT2D eigenvalue weighted by Crippen LogP contribution is 2.18. The Hall–Kier alpha value is -3.48. The van der Waals surface area contributed by atoms with Gasteiger partial charge in [0.2, 0.25) is 6.10 Å². The number of ether oxygens (including phenoxy) is 1. The zero-order valence-electron chi connectivity index (χ0n) is 15.8. The van der Waals surface area contributed by atoms with Gasteiger partial charge < -0.3 is 20.3 Å². The van der Waals surface area contributed by atoms with Gasteiger partial charge in [0.1, 0.15) is 17.4 Å². The molecular formula is C19H14BrF4N3O5. The number of rotatable bonds is 6. The van der Waals surface area contributed by atoms with Crippen molar-refractivity contribution in [1.29, 1.82) is 0 Å². The topological polar surface area (TPSA) is 122 Å². The molecule has 0 aliphatic heterocycles. The van der Waals surface area contributed by atoms with Crippen molar-refractivity contribution < 1.29 is 42.1 Å². The second-order valence-corrected chi connectivity index (χ2v) is 6.89. The summed E-state index contributed by atoms with van der Waals surface area (Å²) in [6.45, 7) is -0.0244. The molecule has 0 saturated carbocycles. The van der Waals surface area contributed by atoms with Crippen molar-refractivity contribution in [2.45, 2.75) is 12.3 Å². The van der Waals surface area contributed by atoms with Gasteiger partial charge in [0, 0.05) is 4.47 Å². The van der Waals surface area contributed by atoms with Crippen LogP contribution in [0, 0.1) is 5.82 Å². The Labute approximate surface area is 186 Å². The van der Waals surface area contributed by atoms with E-state index in [1.165, 1.54) is 30.5 Å². The number of carbonyl (C=O) groups is 2. The van der Waals surface area contributed by atoms with Crippen LogP contribution in [0.15, 0.2) is 53.1 Å². The van der Waals surface area contributed by atoms with Crippen molar-refractivity contribution in [3.63, 3.8) is 0 Å². The van der Waals surface area contributed by atoms with E-state index in [1.54, 1.807) is 6.07 Å².